The van der Waals surface area contributed by atoms with Gasteiger partial charge in [0.05, 0.1) is 13.0 Å². The highest BCUT2D eigenvalue weighted by Gasteiger charge is 2.16. The lowest BCUT2D eigenvalue weighted by atomic mass is 10.2. The largest absolute Gasteiger partial charge is 0.466 e. The van der Waals surface area contributed by atoms with E-state index in [0.29, 0.717) is 30.3 Å². The summed E-state index contributed by atoms with van der Waals surface area (Å²) in [6.45, 7) is 6.38. The second-order valence-corrected chi connectivity index (χ2v) is 4.54. The minimum absolute atomic E-state index is 0.161. The highest BCUT2D eigenvalue weighted by molar-refractivity contribution is 6.30. The van der Waals surface area contributed by atoms with Gasteiger partial charge < -0.3 is 9.64 Å². The van der Waals surface area contributed by atoms with Crippen LogP contribution in [0.5, 0.6) is 0 Å². The van der Waals surface area contributed by atoms with Gasteiger partial charge in [-0.15, -0.1) is 6.58 Å². The van der Waals surface area contributed by atoms with Crippen LogP contribution in [-0.2, 0) is 9.53 Å². The van der Waals surface area contributed by atoms with Crippen LogP contribution in [0.25, 0.3) is 0 Å². The number of ether oxygens (including phenoxy) is 1. The van der Waals surface area contributed by atoms with Crippen LogP contribution in [-0.4, -0.2) is 36.5 Å². The molecule has 0 unspecified atom stereocenters. The van der Waals surface area contributed by atoms with Crippen molar-refractivity contribution in [3.63, 3.8) is 0 Å². The zero-order valence-electron chi connectivity index (χ0n) is 11.5. The quantitative estimate of drug-likeness (QED) is 0.574. The first kappa shape index (κ1) is 16.2. The molecule has 0 aliphatic carbocycles. The average Bonchev–Trinajstić information content (AvgIpc) is 2.44. The molecule has 20 heavy (non-hydrogen) atoms. The molecule has 0 spiro atoms. The molecule has 0 saturated heterocycles. The summed E-state index contributed by atoms with van der Waals surface area (Å²) in [7, 11) is 0. The Hall–Kier alpha value is -1.81. The Labute approximate surface area is 124 Å². The molecule has 1 amide bonds. The Morgan fingerprint density at radius 1 is 1.35 bits per heavy atom. The standard InChI is InChI=1S/C15H18ClNO3/c1-3-10-17(11-9-14(18)20-4-2)15(19)12-5-7-13(16)8-6-12/h3,5-8H,1,4,9-11H2,2H3. The van der Waals surface area contributed by atoms with E-state index < -0.39 is 0 Å². The van der Waals surface area contributed by atoms with Gasteiger partial charge in [0.1, 0.15) is 0 Å². The van der Waals surface area contributed by atoms with Gasteiger partial charge in [0, 0.05) is 23.7 Å². The van der Waals surface area contributed by atoms with Crippen LogP contribution in [0.3, 0.4) is 0 Å². The van der Waals surface area contributed by atoms with Crippen molar-refractivity contribution in [2.24, 2.45) is 0 Å². The Balaban J connectivity index is 2.69. The van der Waals surface area contributed by atoms with E-state index >= 15 is 0 Å². The SMILES string of the molecule is C=CCN(CCC(=O)OCC)C(=O)c1ccc(Cl)cc1. The van der Waals surface area contributed by atoms with E-state index in [9.17, 15) is 9.59 Å². The van der Waals surface area contributed by atoms with Crippen molar-refractivity contribution in [3.05, 3.63) is 47.5 Å². The first-order chi connectivity index (χ1) is 9.58. The second kappa shape index (κ2) is 8.38. The lowest BCUT2D eigenvalue weighted by Crippen LogP contribution is -2.33. The predicted molar refractivity (Wildman–Crippen MR) is 78.8 cm³/mol. The highest BCUT2D eigenvalue weighted by atomic mass is 35.5. The fraction of sp³-hybridized carbons (Fsp3) is 0.333. The predicted octanol–water partition coefficient (Wildman–Crippen LogP) is 2.92. The lowest BCUT2D eigenvalue weighted by Gasteiger charge is -2.20. The number of hydrogen-bond donors (Lipinski definition) is 0. The smallest absolute Gasteiger partial charge is 0.307 e. The number of rotatable bonds is 7. The molecule has 0 aliphatic heterocycles. The van der Waals surface area contributed by atoms with Gasteiger partial charge in [-0.3, -0.25) is 9.59 Å². The first-order valence-electron chi connectivity index (χ1n) is 6.39. The number of halogens is 1. The van der Waals surface area contributed by atoms with E-state index in [1.165, 1.54) is 0 Å². The van der Waals surface area contributed by atoms with Crippen molar-refractivity contribution in [2.75, 3.05) is 19.7 Å². The Morgan fingerprint density at radius 2 is 2.00 bits per heavy atom. The van der Waals surface area contributed by atoms with Crippen molar-refractivity contribution in [1.82, 2.24) is 4.90 Å². The first-order valence-corrected chi connectivity index (χ1v) is 6.77. The fourth-order valence-corrected chi connectivity index (χ4v) is 1.79. The third kappa shape index (κ3) is 5.05. The van der Waals surface area contributed by atoms with Crippen LogP contribution in [0.1, 0.15) is 23.7 Å². The van der Waals surface area contributed by atoms with E-state index in [4.69, 9.17) is 16.3 Å². The Bertz CT molecular complexity index is 471. The molecule has 0 heterocycles. The lowest BCUT2D eigenvalue weighted by molar-refractivity contribution is -0.143. The molecule has 4 nitrogen and oxygen atoms in total. The topological polar surface area (TPSA) is 46.6 Å². The minimum Gasteiger partial charge on any atom is -0.466 e. The van der Waals surface area contributed by atoms with Crippen LogP contribution < -0.4 is 0 Å². The van der Waals surface area contributed by atoms with E-state index in [1.54, 1.807) is 42.2 Å². The number of nitrogens with zero attached hydrogens (tertiary/aromatic N) is 1. The van der Waals surface area contributed by atoms with Crippen LogP contribution in [0, 0.1) is 0 Å². The second-order valence-electron chi connectivity index (χ2n) is 4.10. The van der Waals surface area contributed by atoms with Gasteiger partial charge in [-0.1, -0.05) is 17.7 Å². The molecule has 0 N–H and O–H groups in total. The summed E-state index contributed by atoms with van der Waals surface area (Å²) < 4.78 is 4.85. The summed E-state index contributed by atoms with van der Waals surface area (Å²) in [6, 6.07) is 6.63. The van der Waals surface area contributed by atoms with Crippen LogP contribution >= 0.6 is 11.6 Å². The number of carbonyl (C=O) groups excluding carboxylic acids is 2. The van der Waals surface area contributed by atoms with Crippen LogP contribution in [0.4, 0.5) is 0 Å². The summed E-state index contributed by atoms with van der Waals surface area (Å²) in [5, 5.41) is 0.573. The van der Waals surface area contributed by atoms with Crippen molar-refractivity contribution >= 4 is 23.5 Å². The molecule has 108 valence electrons. The summed E-state index contributed by atoms with van der Waals surface area (Å²) >= 11 is 5.79. The molecule has 1 aromatic carbocycles. The third-order valence-corrected chi connectivity index (χ3v) is 2.87. The van der Waals surface area contributed by atoms with E-state index in [-0.39, 0.29) is 18.3 Å². The maximum absolute atomic E-state index is 12.3. The van der Waals surface area contributed by atoms with E-state index in [2.05, 4.69) is 6.58 Å². The molecule has 0 radical (unpaired) electrons. The van der Waals surface area contributed by atoms with Crippen molar-refractivity contribution < 1.29 is 14.3 Å². The third-order valence-electron chi connectivity index (χ3n) is 2.62. The van der Waals surface area contributed by atoms with Crippen molar-refractivity contribution in [2.45, 2.75) is 13.3 Å². The van der Waals surface area contributed by atoms with Gasteiger partial charge in [0.2, 0.25) is 0 Å². The van der Waals surface area contributed by atoms with Gasteiger partial charge in [-0.2, -0.15) is 0 Å². The van der Waals surface area contributed by atoms with Gasteiger partial charge in [0.15, 0.2) is 0 Å². The van der Waals surface area contributed by atoms with E-state index in [0.717, 1.165) is 0 Å². The van der Waals surface area contributed by atoms with Gasteiger partial charge in [0.25, 0.3) is 5.91 Å². The number of esters is 1. The molecule has 0 aliphatic rings. The molecule has 1 aromatic rings. The fourth-order valence-electron chi connectivity index (χ4n) is 1.67. The number of carbonyl (C=O) groups is 2. The Kier molecular flexibility index (Phi) is 6.81. The number of benzene rings is 1. The maximum atomic E-state index is 12.3. The molecule has 0 saturated carbocycles. The number of amides is 1. The maximum Gasteiger partial charge on any atom is 0.307 e. The van der Waals surface area contributed by atoms with Crippen LogP contribution in [0.2, 0.25) is 5.02 Å². The zero-order chi connectivity index (χ0) is 15.0. The minimum atomic E-state index is -0.314. The summed E-state index contributed by atoms with van der Waals surface area (Å²) in [5.74, 6) is -0.476. The van der Waals surface area contributed by atoms with Gasteiger partial charge in [-0.05, 0) is 31.2 Å². The van der Waals surface area contributed by atoms with Crippen molar-refractivity contribution in [1.29, 1.82) is 0 Å². The zero-order valence-corrected chi connectivity index (χ0v) is 12.2. The van der Waals surface area contributed by atoms with E-state index in [1.807, 2.05) is 0 Å². The Morgan fingerprint density at radius 3 is 2.55 bits per heavy atom. The normalized spacial score (nSPS) is 9.90. The molecular formula is C15H18ClNO3. The monoisotopic (exact) mass is 295 g/mol. The summed E-state index contributed by atoms with van der Waals surface area (Å²) in [4.78, 5) is 25.2. The summed E-state index contributed by atoms with van der Waals surface area (Å²) in [6.07, 6.45) is 1.79. The van der Waals surface area contributed by atoms with Crippen LogP contribution in [0.15, 0.2) is 36.9 Å². The number of hydrogen-bond acceptors (Lipinski definition) is 3. The molecule has 0 bridgehead atoms. The summed E-state index contributed by atoms with van der Waals surface area (Å²) in [5.41, 5.74) is 0.528. The van der Waals surface area contributed by atoms with Gasteiger partial charge in [-0.25, -0.2) is 0 Å². The molecule has 1 rings (SSSR count). The molecular weight excluding hydrogens is 278 g/mol. The molecule has 0 aromatic heterocycles. The van der Waals surface area contributed by atoms with Crippen molar-refractivity contribution in [3.8, 4) is 0 Å². The highest BCUT2D eigenvalue weighted by Crippen LogP contribution is 2.12. The molecule has 5 heteroatoms. The molecule has 0 atom stereocenters. The molecule has 0 fully saturated rings. The average molecular weight is 296 g/mol. The van der Waals surface area contributed by atoms with Gasteiger partial charge >= 0.3 is 5.97 Å².